The van der Waals surface area contributed by atoms with Gasteiger partial charge in [0.1, 0.15) is 16.9 Å². The molecular formula is C15H21N5O. The SMILES string of the molecule is Cc1nn(C)c2c(NCC3CCCO3)nc(C3CC3)nc12. The van der Waals surface area contributed by atoms with Gasteiger partial charge in [-0.05, 0) is 32.6 Å². The third-order valence-electron chi connectivity index (χ3n) is 4.33. The smallest absolute Gasteiger partial charge is 0.156 e. The Morgan fingerprint density at radius 3 is 2.86 bits per heavy atom. The molecule has 21 heavy (non-hydrogen) atoms. The highest BCUT2D eigenvalue weighted by atomic mass is 16.5. The zero-order valence-corrected chi connectivity index (χ0v) is 12.6. The maximum atomic E-state index is 5.68. The quantitative estimate of drug-likeness (QED) is 0.933. The summed E-state index contributed by atoms with van der Waals surface area (Å²) in [4.78, 5) is 9.49. The zero-order chi connectivity index (χ0) is 14.4. The van der Waals surface area contributed by atoms with Crippen LogP contribution in [-0.4, -0.2) is 39.0 Å². The maximum absolute atomic E-state index is 5.68. The molecule has 1 aliphatic heterocycles. The summed E-state index contributed by atoms with van der Waals surface area (Å²) in [6.07, 6.45) is 4.99. The minimum absolute atomic E-state index is 0.300. The normalized spacial score (nSPS) is 22.1. The first-order valence-electron chi connectivity index (χ1n) is 7.79. The van der Waals surface area contributed by atoms with Crippen molar-refractivity contribution in [2.75, 3.05) is 18.5 Å². The van der Waals surface area contributed by atoms with Gasteiger partial charge in [0.25, 0.3) is 0 Å². The number of nitrogens with zero attached hydrogens (tertiary/aromatic N) is 4. The van der Waals surface area contributed by atoms with Gasteiger partial charge in [0, 0.05) is 26.1 Å². The van der Waals surface area contributed by atoms with Crippen LogP contribution in [0.2, 0.25) is 0 Å². The van der Waals surface area contributed by atoms with Crippen molar-refractivity contribution in [2.24, 2.45) is 7.05 Å². The van der Waals surface area contributed by atoms with E-state index >= 15 is 0 Å². The van der Waals surface area contributed by atoms with E-state index in [-0.39, 0.29) is 0 Å². The number of anilines is 1. The molecule has 2 aromatic rings. The fourth-order valence-corrected chi connectivity index (χ4v) is 3.02. The molecule has 1 saturated heterocycles. The molecule has 0 spiro atoms. The van der Waals surface area contributed by atoms with Crippen LogP contribution in [0.4, 0.5) is 5.82 Å². The summed E-state index contributed by atoms with van der Waals surface area (Å²) in [6, 6.07) is 0. The van der Waals surface area contributed by atoms with Crippen molar-refractivity contribution < 1.29 is 4.74 Å². The van der Waals surface area contributed by atoms with E-state index in [1.54, 1.807) is 0 Å². The predicted molar refractivity (Wildman–Crippen MR) is 80.5 cm³/mol. The summed E-state index contributed by atoms with van der Waals surface area (Å²) in [5.41, 5.74) is 2.94. The molecule has 0 bridgehead atoms. The molecule has 2 aliphatic rings. The Morgan fingerprint density at radius 2 is 2.14 bits per heavy atom. The Bertz CT molecular complexity index is 670. The predicted octanol–water partition coefficient (Wildman–Crippen LogP) is 2.14. The number of rotatable bonds is 4. The molecule has 1 N–H and O–H groups in total. The first-order valence-corrected chi connectivity index (χ1v) is 7.79. The number of aryl methyl sites for hydroxylation is 2. The van der Waals surface area contributed by atoms with Gasteiger partial charge in [-0.15, -0.1) is 0 Å². The van der Waals surface area contributed by atoms with Crippen LogP contribution in [0.1, 0.15) is 43.1 Å². The van der Waals surface area contributed by atoms with Crippen molar-refractivity contribution in [3.63, 3.8) is 0 Å². The number of hydrogen-bond acceptors (Lipinski definition) is 5. The molecule has 1 aliphatic carbocycles. The first-order chi connectivity index (χ1) is 10.2. The lowest BCUT2D eigenvalue weighted by Crippen LogP contribution is -2.20. The van der Waals surface area contributed by atoms with Crippen LogP contribution in [0.5, 0.6) is 0 Å². The van der Waals surface area contributed by atoms with Gasteiger partial charge in [-0.2, -0.15) is 5.10 Å². The van der Waals surface area contributed by atoms with Crippen LogP contribution in [0.25, 0.3) is 11.0 Å². The molecule has 0 amide bonds. The highest BCUT2D eigenvalue weighted by Crippen LogP contribution is 2.39. The van der Waals surface area contributed by atoms with Gasteiger partial charge in [0.05, 0.1) is 11.8 Å². The Balaban J connectivity index is 1.70. The largest absolute Gasteiger partial charge is 0.376 e. The Kier molecular flexibility index (Phi) is 3.06. The summed E-state index contributed by atoms with van der Waals surface area (Å²) in [5, 5.41) is 7.96. The molecular weight excluding hydrogens is 266 g/mol. The molecule has 1 atom stereocenters. The van der Waals surface area contributed by atoms with Gasteiger partial charge in [0.15, 0.2) is 5.82 Å². The molecule has 3 heterocycles. The Labute approximate surface area is 123 Å². The summed E-state index contributed by atoms with van der Waals surface area (Å²) in [6.45, 7) is 3.69. The fraction of sp³-hybridized carbons (Fsp3) is 0.667. The van der Waals surface area contributed by atoms with Crippen LogP contribution in [-0.2, 0) is 11.8 Å². The third-order valence-corrected chi connectivity index (χ3v) is 4.33. The molecule has 1 saturated carbocycles. The third kappa shape index (κ3) is 2.37. The molecule has 0 aromatic carbocycles. The minimum atomic E-state index is 0.300. The maximum Gasteiger partial charge on any atom is 0.156 e. The van der Waals surface area contributed by atoms with Crippen LogP contribution in [0, 0.1) is 6.92 Å². The molecule has 6 heteroatoms. The molecule has 2 fully saturated rings. The van der Waals surface area contributed by atoms with E-state index in [1.165, 1.54) is 12.8 Å². The van der Waals surface area contributed by atoms with Crippen molar-refractivity contribution in [3.8, 4) is 0 Å². The van der Waals surface area contributed by atoms with Crippen molar-refractivity contribution >= 4 is 16.9 Å². The van der Waals surface area contributed by atoms with Gasteiger partial charge in [-0.3, -0.25) is 4.68 Å². The second-order valence-corrected chi connectivity index (χ2v) is 6.13. The topological polar surface area (TPSA) is 64.9 Å². The van der Waals surface area contributed by atoms with Crippen LogP contribution >= 0.6 is 0 Å². The molecule has 0 radical (unpaired) electrons. The standard InChI is InChI=1S/C15H21N5O/c1-9-12-13(20(2)19-9)15(16-8-11-4-3-7-21-11)18-14(17-12)10-5-6-10/h10-11H,3-8H2,1-2H3,(H,16,17,18). The molecule has 4 rings (SSSR count). The molecule has 6 nitrogen and oxygen atoms in total. The minimum Gasteiger partial charge on any atom is -0.376 e. The molecule has 112 valence electrons. The Hall–Kier alpha value is -1.69. The van der Waals surface area contributed by atoms with E-state index in [9.17, 15) is 0 Å². The number of aromatic nitrogens is 4. The van der Waals surface area contributed by atoms with Crippen molar-refractivity contribution in [1.82, 2.24) is 19.7 Å². The van der Waals surface area contributed by atoms with Gasteiger partial charge < -0.3 is 10.1 Å². The molecule has 1 unspecified atom stereocenters. The second-order valence-electron chi connectivity index (χ2n) is 6.13. The fourth-order valence-electron chi connectivity index (χ4n) is 3.02. The highest BCUT2D eigenvalue weighted by molar-refractivity contribution is 5.87. The van der Waals surface area contributed by atoms with Gasteiger partial charge >= 0.3 is 0 Å². The van der Waals surface area contributed by atoms with E-state index in [2.05, 4.69) is 10.4 Å². The summed E-state index contributed by atoms with van der Waals surface area (Å²) < 4.78 is 7.56. The zero-order valence-electron chi connectivity index (χ0n) is 12.6. The number of nitrogens with one attached hydrogen (secondary N) is 1. The summed E-state index contributed by atoms with van der Waals surface area (Å²) in [5.74, 6) is 2.41. The second kappa shape index (κ2) is 4.94. The van der Waals surface area contributed by atoms with Crippen LogP contribution in [0.3, 0.4) is 0 Å². The number of fused-ring (bicyclic) bond motifs is 1. The first kappa shape index (κ1) is 13.0. The lowest BCUT2D eigenvalue weighted by atomic mass is 10.2. The van der Waals surface area contributed by atoms with E-state index in [4.69, 9.17) is 14.7 Å². The average molecular weight is 287 g/mol. The number of ether oxygens (including phenoxy) is 1. The molecule has 2 aromatic heterocycles. The van der Waals surface area contributed by atoms with Gasteiger partial charge in [-0.1, -0.05) is 0 Å². The van der Waals surface area contributed by atoms with Crippen LogP contribution < -0.4 is 5.32 Å². The van der Waals surface area contributed by atoms with Gasteiger partial charge in [0.2, 0.25) is 0 Å². The van der Waals surface area contributed by atoms with Crippen LogP contribution in [0.15, 0.2) is 0 Å². The Morgan fingerprint density at radius 1 is 1.29 bits per heavy atom. The summed E-state index contributed by atoms with van der Waals surface area (Å²) >= 11 is 0. The van der Waals surface area contributed by atoms with Crippen molar-refractivity contribution in [3.05, 3.63) is 11.5 Å². The average Bonchev–Trinajstić information content (AvgIpc) is 3.12. The van der Waals surface area contributed by atoms with E-state index < -0.39 is 0 Å². The van der Waals surface area contributed by atoms with Crippen molar-refractivity contribution in [2.45, 2.75) is 44.6 Å². The lowest BCUT2D eigenvalue weighted by molar-refractivity contribution is 0.120. The van der Waals surface area contributed by atoms with E-state index in [0.717, 1.165) is 54.4 Å². The van der Waals surface area contributed by atoms with Crippen molar-refractivity contribution in [1.29, 1.82) is 0 Å². The monoisotopic (exact) mass is 287 g/mol. The van der Waals surface area contributed by atoms with E-state index in [0.29, 0.717) is 12.0 Å². The van der Waals surface area contributed by atoms with E-state index in [1.807, 2.05) is 18.7 Å². The highest BCUT2D eigenvalue weighted by Gasteiger charge is 2.29. The lowest BCUT2D eigenvalue weighted by Gasteiger charge is -2.13. The van der Waals surface area contributed by atoms with Gasteiger partial charge in [-0.25, -0.2) is 9.97 Å². The summed E-state index contributed by atoms with van der Waals surface area (Å²) in [7, 11) is 1.95. The number of hydrogen-bond donors (Lipinski definition) is 1.